The largest absolute Gasteiger partial charge is 0.352 e. The van der Waals surface area contributed by atoms with E-state index in [9.17, 15) is 0 Å². The van der Waals surface area contributed by atoms with E-state index in [2.05, 4.69) is 21.8 Å². The van der Waals surface area contributed by atoms with Gasteiger partial charge >= 0.3 is 0 Å². The number of anilines is 1. The lowest BCUT2D eigenvalue weighted by atomic mass is 10.0. The van der Waals surface area contributed by atoms with Gasteiger partial charge in [-0.05, 0) is 25.3 Å². The Kier molecular flexibility index (Phi) is 2.86. The maximum Gasteiger partial charge on any atom is 0.132 e. The fourth-order valence-corrected chi connectivity index (χ4v) is 2.26. The fraction of sp³-hybridized carbons (Fsp3) is 0.636. The van der Waals surface area contributed by atoms with Crippen LogP contribution in [0.3, 0.4) is 0 Å². The third-order valence-electron chi connectivity index (χ3n) is 3.18. The Bertz CT molecular complexity index is 339. The van der Waals surface area contributed by atoms with Gasteiger partial charge in [-0.2, -0.15) is 0 Å². The number of hydrogen-bond donors (Lipinski definition) is 1. The molecule has 2 rings (SSSR count). The zero-order valence-electron chi connectivity index (χ0n) is 9.35. The van der Waals surface area contributed by atoms with Crippen molar-refractivity contribution in [1.82, 2.24) is 9.97 Å². The van der Waals surface area contributed by atoms with E-state index in [4.69, 9.17) is 5.73 Å². The standard InChI is InChI=1S/C11H18N4/c1-8-4-6-15(10(8)7-12)11-3-5-13-9(2)14-11/h3,5,8,10H,4,6-7,12H2,1-2H3. The topological polar surface area (TPSA) is 55.0 Å². The number of aryl methyl sites for hydroxylation is 1. The molecule has 1 aliphatic heterocycles. The molecule has 1 fully saturated rings. The number of rotatable bonds is 2. The lowest BCUT2D eigenvalue weighted by Crippen LogP contribution is -2.38. The molecule has 0 aromatic carbocycles. The van der Waals surface area contributed by atoms with Gasteiger partial charge in [0.25, 0.3) is 0 Å². The first-order chi connectivity index (χ1) is 7.22. The summed E-state index contributed by atoms with van der Waals surface area (Å²) in [5.74, 6) is 2.50. The molecule has 82 valence electrons. The summed E-state index contributed by atoms with van der Waals surface area (Å²) in [5, 5.41) is 0. The summed E-state index contributed by atoms with van der Waals surface area (Å²) >= 11 is 0. The van der Waals surface area contributed by atoms with Crippen molar-refractivity contribution < 1.29 is 0 Å². The average Bonchev–Trinajstić information content (AvgIpc) is 2.59. The van der Waals surface area contributed by atoms with Crippen molar-refractivity contribution in [3.05, 3.63) is 18.1 Å². The van der Waals surface area contributed by atoms with E-state index < -0.39 is 0 Å². The van der Waals surface area contributed by atoms with Crippen LogP contribution in [0.5, 0.6) is 0 Å². The lowest BCUT2D eigenvalue weighted by molar-refractivity contribution is 0.517. The third kappa shape index (κ3) is 1.95. The highest BCUT2D eigenvalue weighted by Crippen LogP contribution is 2.27. The molecular weight excluding hydrogens is 188 g/mol. The molecule has 1 aliphatic rings. The van der Waals surface area contributed by atoms with Crippen molar-refractivity contribution in [2.45, 2.75) is 26.3 Å². The highest BCUT2D eigenvalue weighted by molar-refractivity contribution is 5.40. The van der Waals surface area contributed by atoms with E-state index in [1.54, 1.807) is 0 Å². The minimum absolute atomic E-state index is 0.430. The molecule has 0 aliphatic carbocycles. The molecule has 2 heterocycles. The van der Waals surface area contributed by atoms with Crippen LogP contribution >= 0.6 is 0 Å². The Morgan fingerprint density at radius 1 is 1.60 bits per heavy atom. The predicted molar refractivity (Wildman–Crippen MR) is 60.7 cm³/mol. The molecule has 0 amide bonds. The van der Waals surface area contributed by atoms with Gasteiger partial charge in [0.1, 0.15) is 11.6 Å². The second kappa shape index (κ2) is 4.14. The molecule has 1 saturated heterocycles. The SMILES string of the molecule is Cc1nccc(N2CCC(C)C2CN)n1. The molecule has 2 atom stereocenters. The molecule has 2 N–H and O–H groups in total. The molecule has 0 bridgehead atoms. The Hall–Kier alpha value is -1.16. The van der Waals surface area contributed by atoms with Crippen molar-refractivity contribution in [3.8, 4) is 0 Å². The van der Waals surface area contributed by atoms with Crippen LogP contribution in [0, 0.1) is 12.8 Å². The van der Waals surface area contributed by atoms with Crippen LogP contribution in [-0.2, 0) is 0 Å². The number of hydrogen-bond acceptors (Lipinski definition) is 4. The molecule has 0 radical (unpaired) electrons. The van der Waals surface area contributed by atoms with Crippen LogP contribution in [0.4, 0.5) is 5.82 Å². The summed E-state index contributed by atoms with van der Waals surface area (Å²) in [6.45, 7) is 5.93. The van der Waals surface area contributed by atoms with Crippen LogP contribution in [0.25, 0.3) is 0 Å². The van der Waals surface area contributed by atoms with Gasteiger partial charge in [0, 0.05) is 25.3 Å². The number of aromatic nitrogens is 2. The minimum atomic E-state index is 0.430. The third-order valence-corrected chi connectivity index (χ3v) is 3.18. The molecule has 4 heteroatoms. The summed E-state index contributed by atoms with van der Waals surface area (Å²) in [4.78, 5) is 10.9. The van der Waals surface area contributed by atoms with Crippen molar-refractivity contribution in [2.75, 3.05) is 18.0 Å². The summed E-state index contributed by atoms with van der Waals surface area (Å²) in [6.07, 6.45) is 3.01. The summed E-state index contributed by atoms with van der Waals surface area (Å²) in [5.41, 5.74) is 5.80. The van der Waals surface area contributed by atoms with Crippen molar-refractivity contribution in [1.29, 1.82) is 0 Å². The molecule has 4 nitrogen and oxygen atoms in total. The average molecular weight is 206 g/mol. The van der Waals surface area contributed by atoms with Crippen molar-refractivity contribution >= 4 is 5.82 Å². The van der Waals surface area contributed by atoms with Crippen molar-refractivity contribution in [2.24, 2.45) is 11.7 Å². The molecule has 0 spiro atoms. The van der Waals surface area contributed by atoms with E-state index in [0.717, 1.165) is 18.2 Å². The smallest absolute Gasteiger partial charge is 0.132 e. The summed E-state index contributed by atoms with van der Waals surface area (Å²) in [6, 6.07) is 2.40. The maximum atomic E-state index is 5.80. The van der Waals surface area contributed by atoms with Crippen LogP contribution in [0.15, 0.2) is 12.3 Å². The van der Waals surface area contributed by atoms with Crippen LogP contribution in [0.1, 0.15) is 19.2 Å². The van der Waals surface area contributed by atoms with Gasteiger partial charge in [0.15, 0.2) is 0 Å². The Labute approximate surface area is 90.5 Å². The van der Waals surface area contributed by atoms with Crippen LogP contribution in [-0.4, -0.2) is 29.1 Å². The maximum absolute atomic E-state index is 5.80. The molecule has 1 aromatic rings. The van der Waals surface area contributed by atoms with Gasteiger partial charge in [0.2, 0.25) is 0 Å². The highest BCUT2D eigenvalue weighted by Gasteiger charge is 2.30. The van der Waals surface area contributed by atoms with Crippen molar-refractivity contribution in [3.63, 3.8) is 0 Å². The van der Waals surface area contributed by atoms with Gasteiger partial charge in [0.05, 0.1) is 0 Å². The molecule has 2 unspecified atom stereocenters. The summed E-state index contributed by atoms with van der Waals surface area (Å²) in [7, 11) is 0. The molecule has 1 aromatic heterocycles. The van der Waals surface area contributed by atoms with Gasteiger partial charge in [-0.1, -0.05) is 6.92 Å². The van der Waals surface area contributed by atoms with Gasteiger partial charge < -0.3 is 10.6 Å². The van der Waals surface area contributed by atoms with E-state index in [0.29, 0.717) is 18.5 Å². The fourth-order valence-electron chi connectivity index (χ4n) is 2.26. The number of nitrogens with zero attached hydrogens (tertiary/aromatic N) is 3. The zero-order valence-corrected chi connectivity index (χ0v) is 9.35. The first-order valence-electron chi connectivity index (χ1n) is 5.48. The van der Waals surface area contributed by atoms with E-state index in [1.165, 1.54) is 6.42 Å². The molecular formula is C11H18N4. The Morgan fingerprint density at radius 2 is 2.40 bits per heavy atom. The van der Waals surface area contributed by atoms with E-state index in [1.807, 2.05) is 19.2 Å². The second-order valence-electron chi connectivity index (χ2n) is 4.22. The second-order valence-corrected chi connectivity index (χ2v) is 4.22. The lowest BCUT2D eigenvalue weighted by Gasteiger charge is -2.26. The van der Waals surface area contributed by atoms with Crippen LogP contribution < -0.4 is 10.6 Å². The highest BCUT2D eigenvalue weighted by atomic mass is 15.2. The van der Waals surface area contributed by atoms with E-state index in [-0.39, 0.29) is 0 Å². The quantitative estimate of drug-likeness (QED) is 0.783. The van der Waals surface area contributed by atoms with Crippen LogP contribution in [0.2, 0.25) is 0 Å². The minimum Gasteiger partial charge on any atom is -0.352 e. The predicted octanol–water partition coefficient (Wildman–Crippen LogP) is 0.959. The Balaban J connectivity index is 2.23. The van der Waals surface area contributed by atoms with Gasteiger partial charge in [-0.15, -0.1) is 0 Å². The monoisotopic (exact) mass is 206 g/mol. The molecule has 15 heavy (non-hydrogen) atoms. The zero-order chi connectivity index (χ0) is 10.8. The van der Waals surface area contributed by atoms with Gasteiger partial charge in [-0.25, -0.2) is 9.97 Å². The number of nitrogens with two attached hydrogens (primary N) is 1. The summed E-state index contributed by atoms with van der Waals surface area (Å²) < 4.78 is 0. The molecule has 0 saturated carbocycles. The van der Waals surface area contributed by atoms with Gasteiger partial charge in [-0.3, -0.25) is 0 Å². The first kappa shape index (κ1) is 10.4. The van der Waals surface area contributed by atoms with E-state index >= 15 is 0 Å². The first-order valence-corrected chi connectivity index (χ1v) is 5.48. The Morgan fingerprint density at radius 3 is 3.07 bits per heavy atom. The normalized spacial score (nSPS) is 25.9.